The Kier molecular flexibility index (Phi) is 7.25. The van der Waals surface area contributed by atoms with Crippen LogP contribution in [0.4, 0.5) is 9.59 Å². The number of nitrogens with one attached hydrogen (secondary N) is 1. The standard InChI is InChI=1S/C18H24N2O6/c1-25-16(21)15(10-14-8-5-9-20(11-14)18(23)24)19-17(22)26-12-13-6-3-2-4-7-13/h2-4,6-7,14-15H,5,8-12H2,1H3,(H,19,22)(H,23,24)/t14-,15-/m0/s1. The van der Waals surface area contributed by atoms with E-state index >= 15 is 0 Å². The van der Waals surface area contributed by atoms with Gasteiger partial charge in [0, 0.05) is 13.1 Å². The first kappa shape index (κ1) is 19.6. The van der Waals surface area contributed by atoms with E-state index in [-0.39, 0.29) is 12.5 Å². The van der Waals surface area contributed by atoms with Gasteiger partial charge in [0.2, 0.25) is 0 Å². The van der Waals surface area contributed by atoms with Crippen LogP contribution in [-0.2, 0) is 20.9 Å². The quantitative estimate of drug-likeness (QED) is 0.750. The molecule has 142 valence electrons. The average Bonchev–Trinajstić information content (AvgIpc) is 2.66. The SMILES string of the molecule is COC(=O)[C@H](C[C@@H]1CCCN(C(=O)O)C1)NC(=O)OCc1ccccc1. The number of hydrogen-bond acceptors (Lipinski definition) is 5. The van der Waals surface area contributed by atoms with Gasteiger partial charge in [0.1, 0.15) is 12.6 Å². The first-order chi connectivity index (χ1) is 12.5. The lowest BCUT2D eigenvalue weighted by Crippen LogP contribution is -2.46. The van der Waals surface area contributed by atoms with Gasteiger partial charge < -0.3 is 24.8 Å². The molecule has 0 spiro atoms. The minimum absolute atomic E-state index is 0.0293. The molecular weight excluding hydrogens is 340 g/mol. The van der Waals surface area contributed by atoms with E-state index in [1.165, 1.54) is 12.0 Å². The van der Waals surface area contributed by atoms with Crippen molar-refractivity contribution >= 4 is 18.2 Å². The molecule has 2 N–H and O–H groups in total. The summed E-state index contributed by atoms with van der Waals surface area (Å²) in [7, 11) is 1.25. The molecule has 0 bridgehead atoms. The highest BCUT2D eigenvalue weighted by Gasteiger charge is 2.30. The molecule has 26 heavy (non-hydrogen) atoms. The van der Waals surface area contributed by atoms with E-state index in [1.807, 2.05) is 30.3 Å². The summed E-state index contributed by atoms with van der Waals surface area (Å²) in [6, 6.07) is 8.32. The molecule has 1 heterocycles. The molecule has 2 rings (SSSR count). The van der Waals surface area contributed by atoms with Crippen molar-refractivity contribution < 1.29 is 29.0 Å². The van der Waals surface area contributed by atoms with Crippen molar-refractivity contribution in [1.82, 2.24) is 10.2 Å². The van der Waals surface area contributed by atoms with Crippen molar-refractivity contribution in [1.29, 1.82) is 0 Å². The van der Waals surface area contributed by atoms with Crippen molar-refractivity contribution in [2.75, 3.05) is 20.2 Å². The predicted octanol–water partition coefficient (Wildman–Crippen LogP) is 2.23. The average molecular weight is 364 g/mol. The second-order valence-electron chi connectivity index (χ2n) is 6.25. The Morgan fingerprint density at radius 3 is 2.69 bits per heavy atom. The van der Waals surface area contributed by atoms with Crippen LogP contribution >= 0.6 is 0 Å². The van der Waals surface area contributed by atoms with Gasteiger partial charge in [-0.15, -0.1) is 0 Å². The molecule has 1 saturated heterocycles. The van der Waals surface area contributed by atoms with Gasteiger partial charge in [-0.3, -0.25) is 0 Å². The van der Waals surface area contributed by atoms with Crippen LogP contribution in [0.3, 0.4) is 0 Å². The third-order valence-corrected chi connectivity index (χ3v) is 4.35. The highest BCUT2D eigenvalue weighted by molar-refractivity contribution is 5.81. The van der Waals surface area contributed by atoms with Crippen LogP contribution in [-0.4, -0.2) is 54.4 Å². The van der Waals surface area contributed by atoms with Gasteiger partial charge in [-0.25, -0.2) is 14.4 Å². The van der Waals surface area contributed by atoms with Crippen LogP contribution in [0.25, 0.3) is 0 Å². The highest BCUT2D eigenvalue weighted by atomic mass is 16.6. The van der Waals surface area contributed by atoms with Gasteiger partial charge in [0.05, 0.1) is 7.11 Å². The molecule has 2 amide bonds. The van der Waals surface area contributed by atoms with Crippen LogP contribution in [0.1, 0.15) is 24.8 Å². The third kappa shape index (κ3) is 5.94. The van der Waals surface area contributed by atoms with Gasteiger partial charge in [-0.1, -0.05) is 30.3 Å². The van der Waals surface area contributed by atoms with Crippen LogP contribution in [0.2, 0.25) is 0 Å². The van der Waals surface area contributed by atoms with Gasteiger partial charge in [-0.2, -0.15) is 0 Å². The Morgan fingerprint density at radius 2 is 2.04 bits per heavy atom. The predicted molar refractivity (Wildman–Crippen MR) is 92.5 cm³/mol. The fourth-order valence-electron chi connectivity index (χ4n) is 3.03. The lowest BCUT2D eigenvalue weighted by molar-refractivity contribution is -0.143. The minimum atomic E-state index is -0.973. The second kappa shape index (κ2) is 9.65. The first-order valence-electron chi connectivity index (χ1n) is 8.52. The molecule has 1 fully saturated rings. The van der Waals surface area contributed by atoms with Crippen molar-refractivity contribution in [3.05, 3.63) is 35.9 Å². The summed E-state index contributed by atoms with van der Waals surface area (Å²) in [6.07, 6.45) is 0.132. The Labute approximate surface area is 152 Å². The van der Waals surface area contributed by atoms with Crippen molar-refractivity contribution in [3.8, 4) is 0 Å². The van der Waals surface area contributed by atoms with Crippen LogP contribution in [0.15, 0.2) is 30.3 Å². The fourth-order valence-corrected chi connectivity index (χ4v) is 3.03. The zero-order valence-corrected chi connectivity index (χ0v) is 14.7. The molecule has 0 radical (unpaired) electrons. The van der Waals surface area contributed by atoms with Crippen LogP contribution in [0.5, 0.6) is 0 Å². The molecule has 1 aliphatic rings. The summed E-state index contributed by atoms with van der Waals surface area (Å²) in [4.78, 5) is 36.5. The minimum Gasteiger partial charge on any atom is -0.467 e. The lowest BCUT2D eigenvalue weighted by Gasteiger charge is -2.32. The van der Waals surface area contributed by atoms with Crippen molar-refractivity contribution in [3.63, 3.8) is 0 Å². The zero-order chi connectivity index (χ0) is 18.9. The third-order valence-electron chi connectivity index (χ3n) is 4.35. The summed E-state index contributed by atoms with van der Waals surface area (Å²) in [5.74, 6) is -0.604. The number of likely N-dealkylation sites (tertiary alicyclic amines) is 1. The van der Waals surface area contributed by atoms with Crippen LogP contribution in [0, 0.1) is 5.92 Å². The fraction of sp³-hybridized carbons (Fsp3) is 0.500. The van der Waals surface area contributed by atoms with E-state index in [1.54, 1.807) is 0 Å². The molecular formula is C18H24N2O6. The molecule has 2 atom stereocenters. The number of nitrogens with zero attached hydrogens (tertiary/aromatic N) is 1. The topological polar surface area (TPSA) is 105 Å². The Bertz CT molecular complexity index is 621. The number of ether oxygens (including phenoxy) is 2. The number of rotatable bonds is 6. The number of hydrogen-bond donors (Lipinski definition) is 2. The monoisotopic (exact) mass is 364 g/mol. The van der Waals surface area contributed by atoms with E-state index in [2.05, 4.69) is 5.32 Å². The number of piperidine rings is 1. The summed E-state index contributed by atoms with van der Waals surface area (Å²) < 4.78 is 9.89. The largest absolute Gasteiger partial charge is 0.467 e. The van der Waals surface area contributed by atoms with E-state index in [0.29, 0.717) is 19.5 Å². The maximum absolute atomic E-state index is 12.0. The molecule has 1 aromatic carbocycles. The molecule has 0 aromatic heterocycles. The van der Waals surface area contributed by atoms with Crippen LogP contribution < -0.4 is 5.32 Å². The van der Waals surface area contributed by atoms with Crippen molar-refractivity contribution in [2.45, 2.75) is 31.9 Å². The van der Waals surface area contributed by atoms with Gasteiger partial charge >= 0.3 is 18.2 Å². The number of carboxylic acid groups (broad SMARTS) is 1. The number of carbonyl (C=O) groups is 3. The second-order valence-corrected chi connectivity index (χ2v) is 6.25. The van der Waals surface area contributed by atoms with E-state index in [9.17, 15) is 14.4 Å². The van der Waals surface area contributed by atoms with E-state index < -0.39 is 24.2 Å². The smallest absolute Gasteiger partial charge is 0.408 e. The summed E-state index contributed by atoms with van der Waals surface area (Å²) in [5.41, 5.74) is 0.835. The van der Waals surface area contributed by atoms with Crippen molar-refractivity contribution in [2.24, 2.45) is 5.92 Å². The number of methoxy groups -OCH3 is 1. The zero-order valence-electron chi connectivity index (χ0n) is 14.7. The number of amides is 2. The van der Waals surface area contributed by atoms with E-state index in [0.717, 1.165) is 18.4 Å². The first-order valence-corrected chi connectivity index (χ1v) is 8.52. The number of esters is 1. The maximum atomic E-state index is 12.0. The molecule has 0 saturated carbocycles. The molecule has 8 nitrogen and oxygen atoms in total. The number of benzene rings is 1. The lowest BCUT2D eigenvalue weighted by atomic mass is 9.91. The van der Waals surface area contributed by atoms with Gasteiger partial charge in [0.15, 0.2) is 0 Å². The Balaban J connectivity index is 1.89. The summed E-state index contributed by atoms with van der Waals surface area (Å²) in [5, 5.41) is 11.6. The maximum Gasteiger partial charge on any atom is 0.408 e. The number of carbonyl (C=O) groups excluding carboxylic acids is 2. The van der Waals surface area contributed by atoms with Gasteiger partial charge in [-0.05, 0) is 30.7 Å². The normalized spacial score (nSPS) is 17.9. The highest BCUT2D eigenvalue weighted by Crippen LogP contribution is 2.21. The molecule has 8 heteroatoms. The van der Waals surface area contributed by atoms with E-state index in [4.69, 9.17) is 14.6 Å². The summed E-state index contributed by atoms with van der Waals surface area (Å²) >= 11 is 0. The molecule has 1 aliphatic heterocycles. The Morgan fingerprint density at radius 1 is 1.31 bits per heavy atom. The number of alkyl carbamates (subject to hydrolysis) is 1. The molecule has 0 aliphatic carbocycles. The Hall–Kier alpha value is -2.77. The van der Waals surface area contributed by atoms with Gasteiger partial charge in [0.25, 0.3) is 0 Å². The molecule has 0 unspecified atom stereocenters. The summed E-state index contributed by atoms with van der Waals surface area (Å²) in [6.45, 7) is 0.918. The molecule has 1 aromatic rings.